The van der Waals surface area contributed by atoms with Crippen LogP contribution >= 0.6 is 0 Å². The predicted octanol–water partition coefficient (Wildman–Crippen LogP) is 3.43. The third kappa shape index (κ3) is 7.92. The number of carboxylic acid groups (broad SMARTS) is 1. The van der Waals surface area contributed by atoms with Crippen LogP contribution in [0, 0.1) is 5.92 Å². The van der Waals surface area contributed by atoms with E-state index < -0.39 is 29.7 Å². The van der Waals surface area contributed by atoms with Crippen LogP contribution in [0.15, 0.2) is 55.1 Å². The first-order chi connectivity index (χ1) is 24.3. The van der Waals surface area contributed by atoms with Crippen molar-refractivity contribution in [2.45, 2.75) is 45.4 Å². The molecule has 17 heteroatoms. The molecule has 3 aromatic heterocycles. The first-order valence-electron chi connectivity index (χ1n) is 16.5. The second kappa shape index (κ2) is 14.1. The number of carbonyl (C=O) groups is 4. The average Bonchev–Trinajstić information content (AvgIpc) is 3.59. The Morgan fingerprint density at radius 3 is 2.51 bits per heavy atom. The first-order valence-corrected chi connectivity index (χ1v) is 16.5. The largest absolute Gasteiger partial charge is 0.465 e. The molecule has 17 nitrogen and oxygen atoms in total. The zero-order chi connectivity index (χ0) is 36.4. The summed E-state index contributed by atoms with van der Waals surface area (Å²) in [6.07, 6.45) is 4.52. The quantitative estimate of drug-likeness (QED) is 0.219. The number of carbonyl (C=O) groups excluding carboxylic acids is 3. The van der Waals surface area contributed by atoms with Gasteiger partial charge in [-0.3, -0.25) is 19.9 Å². The Morgan fingerprint density at radius 2 is 1.80 bits per heavy atom. The van der Waals surface area contributed by atoms with E-state index in [1.54, 1.807) is 80.3 Å². The van der Waals surface area contributed by atoms with E-state index in [2.05, 4.69) is 36.2 Å². The predicted molar refractivity (Wildman–Crippen MR) is 189 cm³/mol. The van der Waals surface area contributed by atoms with Crippen molar-refractivity contribution < 1.29 is 29.0 Å². The van der Waals surface area contributed by atoms with Crippen molar-refractivity contribution >= 4 is 57.7 Å². The molecule has 2 aliphatic rings. The summed E-state index contributed by atoms with van der Waals surface area (Å²) in [5, 5.41) is 26.6. The van der Waals surface area contributed by atoms with Gasteiger partial charge in [0.15, 0.2) is 5.69 Å². The number of piperazine rings is 1. The smallest absolute Gasteiger partial charge is 0.409 e. The van der Waals surface area contributed by atoms with Crippen molar-refractivity contribution in [1.82, 2.24) is 35.2 Å². The molecule has 6 rings (SSSR count). The number of likely N-dealkylation sites (N-methyl/N-ethyl adjacent to an activating group) is 1. The maximum Gasteiger partial charge on any atom is 0.409 e. The molecule has 4 aromatic rings. The normalized spacial score (nSPS) is 19.5. The van der Waals surface area contributed by atoms with Gasteiger partial charge in [-0.25, -0.2) is 19.3 Å². The number of benzene rings is 1. The number of rotatable bonds is 7. The lowest BCUT2D eigenvalue weighted by Crippen LogP contribution is -2.57. The lowest BCUT2D eigenvalue weighted by Gasteiger charge is -2.44. The highest BCUT2D eigenvalue weighted by molar-refractivity contribution is 6.11. The fraction of sp³-hybridized carbons (Fsp3) is 0.412. The fourth-order valence-corrected chi connectivity index (χ4v) is 6.54. The van der Waals surface area contributed by atoms with E-state index in [1.165, 1.54) is 6.20 Å². The number of alkyl carbamates (subject to hydrolysis) is 1. The minimum atomic E-state index is -1.35. The topological polar surface area (TPSA) is 200 Å². The average molecular weight is 700 g/mol. The van der Waals surface area contributed by atoms with E-state index >= 15 is 0 Å². The molecule has 0 radical (unpaired) electrons. The summed E-state index contributed by atoms with van der Waals surface area (Å²) in [5.74, 6) is -0.717. The molecule has 2 aliphatic heterocycles. The SMILES string of the molecule is C[C@H]1CN(c2ccncc2NC(=O)c2nc3cc(N4CCN(C)C(=O)C4)ccc3cc2NC(=O)O)C[C@@H](NC(=O)OC(C)(C)C)[C@H]1n1ccnn1. The van der Waals surface area contributed by atoms with Gasteiger partial charge in [0.1, 0.15) is 5.60 Å². The van der Waals surface area contributed by atoms with Crippen LogP contribution in [0.4, 0.5) is 32.3 Å². The van der Waals surface area contributed by atoms with Crippen LogP contribution in [0.2, 0.25) is 0 Å². The number of fused-ring (bicyclic) bond motifs is 1. The third-order valence-corrected chi connectivity index (χ3v) is 8.84. The Kier molecular flexibility index (Phi) is 9.62. The monoisotopic (exact) mass is 699 g/mol. The van der Waals surface area contributed by atoms with Gasteiger partial charge in [0.2, 0.25) is 5.91 Å². The van der Waals surface area contributed by atoms with Crippen LogP contribution in [0.3, 0.4) is 0 Å². The van der Waals surface area contributed by atoms with Gasteiger partial charge in [-0.1, -0.05) is 18.2 Å². The molecule has 5 heterocycles. The summed E-state index contributed by atoms with van der Waals surface area (Å²) in [6.45, 7) is 9.69. The Hall–Kier alpha value is -6.00. The number of amides is 4. The number of hydrogen-bond donors (Lipinski definition) is 4. The van der Waals surface area contributed by atoms with Gasteiger partial charge in [0.25, 0.3) is 5.91 Å². The molecule has 51 heavy (non-hydrogen) atoms. The summed E-state index contributed by atoms with van der Waals surface area (Å²) in [5.41, 5.74) is 1.36. The van der Waals surface area contributed by atoms with Gasteiger partial charge >= 0.3 is 12.2 Å². The van der Waals surface area contributed by atoms with E-state index in [9.17, 15) is 24.3 Å². The highest BCUT2D eigenvalue weighted by Gasteiger charge is 2.39. The molecule has 0 unspecified atom stereocenters. The van der Waals surface area contributed by atoms with Gasteiger partial charge < -0.3 is 35.2 Å². The molecular formula is C34H41N11O6. The molecule has 2 saturated heterocycles. The van der Waals surface area contributed by atoms with Crippen LogP contribution in [0.1, 0.15) is 44.2 Å². The van der Waals surface area contributed by atoms with Crippen molar-refractivity contribution in [2.24, 2.45) is 5.92 Å². The number of pyridine rings is 2. The van der Waals surface area contributed by atoms with E-state index in [-0.39, 0.29) is 35.8 Å². The van der Waals surface area contributed by atoms with E-state index in [0.29, 0.717) is 48.5 Å². The maximum absolute atomic E-state index is 14.0. The summed E-state index contributed by atoms with van der Waals surface area (Å²) >= 11 is 0. The number of hydrogen-bond acceptors (Lipinski definition) is 11. The van der Waals surface area contributed by atoms with Crippen molar-refractivity contribution in [3.63, 3.8) is 0 Å². The lowest BCUT2D eigenvalue weighted by atomic mass is 9.89. The Bertz CT molecular complexity index is 1950. The van der Waals surface area contributed by atoms with Crippen molar-refractivity contribution in [2.75, 3.05) is 60.2 Å². The van der Waals surface area contributed by atoms with E-state index in [0.717, 1.165) is 5.69 Å². The number of ether oxygens (including phenoxy) is 1. The molecule has 268 valence electrons. The summed E-state index contributed by atoms with van der Waals surface area (Å²) in [6, 6.07) is 8.02. The molecule has 4 amide bonds. The van der Waals surface area contributed by atoms with Crippen LogP contribution in [0.5, 0.6) is 0 Å². The van der Waals surface area contributed by atoms with Crippen molar-refractivity contribution in [3.05, 3.63) is 60.8 Å². The Balaban J connectivity index is 1.29. The zero-order valence-electron chi connectivity index (χ0n) is 29.0. The van der Waals surface area contributed by atoms with E-state index in [1.807, 2.05) is 22.8 Å². The molecule has 0 aliphatic carbocycles. The second-order valence-corrected chi connectivity index (χ2v) is 13.8. The van der Waals surface area contributed by atoms with Crippen LogP contribution in [-0.4, -0.2) is 110 Å². The second-order valence-electron chi connectivity index (χ2n) is 13.8. The first kappa shape index (κ1) is 34.8. The number of piperidine rings is 1. The molecule has 0 saturated carbocycles. The van der Waals surface area contributed by atoms with Gasteiger partial charge in [-0.15, -0.1) is 5.10 Å². The van der Waals surface area contributed by atoms with Crippen LogP contribution in [0.25, 0.3) is 10.9 Å². The molecule has 0 bridgehead atoms. The summed E-state index contributed by atoms with van der Waals surface area (Å²) < 4.78 is 7.30. The number of nitrogens with one attached hydrogen (secondary N) is 3. The maximum atomic E-state index is 14.0. The number of anilines is 4. The lowest BCUT2D eigenvalue weighted by molar-refractivity contribution is -0.129. The molecule has 1 aromatic carbocycles. The van der Waals surface area contributed by atoms with Gasteiger partial charge in [0.05, 0.1) is 53.6 Å². The van der Waals surface area contributed by atoms with Crippen molar-refractivity contribution in [3.8, 4) is 0 Å². The number of nitrogens with zero attached hydrogens (tertiary/aromatic N) is 8. The number of aromatic nitrogens is 5. The summed E-state index contributed by atoms with van der Waals surface area (Å²) in [7, 11) is 1.76. The highest BCUT2D eigenvalue weighted by atomic mass is 16.6. The van der Waals surface area contributed by atoms with E-state index in [4.69, 9.17) is 4.74 Å². The molecule has 4 N–H and O–H groups in total. The highest BCUT2D eigenvalue weighted by Crippen LogP contribution is 2.35. The zero-order valence-corrected chi connectivity index (χ0v) is 29.0. The van der Waals surface area contributed by atoms with Crippen LogP contribution in [-0.2, 0) is 9.53 Å². The standard InChI is InChI=1S/C34H41N11O6/c1-20-17-44(18-26(30(20)45-11-10-36-41-45)40-33(50)51-34(2,3)4)27-8-9-35-16-25(27)38-31(47)29-24(39-32(48)49)14-21-6-7-22(15-23(21)37-29)43-13-12-42(5)28(46)19-43/h6-11,14-16,20,26,30,39H,12-13,17-19H2,1-5H3,(H,38,47)(H,40,50)(H,48,49)/t20-,26+,30-/m0/s1. The van der Waals surface area contributed by atoms with Gasteiger partial charge in [0, 0.05) is 56.7 Å². The summed E-state index contributed by atoms with van der Waals surface area (Å²) in [4.78, 5) is 65.6. The fourth-order valence-electron chi connectivity index (χ4n) is 6.54. The Morgan fingerprint density at radius 1 is 1.00 bits per heavy atom. The third-order valence-electron chi connectivity index (χ3n) is 8.84. The minimum absolute atomic E-state index is 0.00404. The molecular weight excluding hydrogens is 658 g/mol. The molecule has 0 spiro atoms. The van der Waals surface area contributed by atoms with Gasteiger partial charge in [-0.05, 0) is 51.0 Å². The minimum Gasteiger partial charge on any atom is -0.465 e. The van der Waals surface area contributed by atoms with Crippen LogP contribution < -0.4 is 25.8 Å². The Labute approximate surface area is 294 Å². The van der Waals surface area contributed by atoms with Crippen molar-refractivity contribution in [1.29, 1.82) is 0 Å². The molecule has 3 atom stereocenters. The molecule has 2 fully saturated rings. The van der Waals surface area contributed by atoms with Gasteiger partial charge in [-0.2, -0.15) is 0 Å².